The van der Waals surface area contributed by atoms with E-state index >= 15 is 0 Å². The number of alkyl halides is 3. The van der Waals surface area contributed by atoms with E-state index in [9.17, 15) is 18.0 Å². The topological polar surface area (TPSA) is 26.3 Å². The van der Waals surface area contributed by atoms with E-state index in [1.807, 2.05) is 13.8 Å². The molecule has 1 rings (SSSR count). The Morgan fingerprint density at radius 3 is 1.95 bits per heavy atom. The summed E-state index contributed by atoms with van der Waals surface area (Å²) in [5.41, 5.74) is -1.01. The molecule has 0 saturated heterocycles. The van der Waals surface area contributed by atoms with Crippen LogP contribution < -0.4 is 0 Å². The molecule has 0 spiro atoms. The Balaban J connectivity index is 3.25. The zero-order valence-corrected chi connectivity index (χ0v) is 11.9. The third-order valence-electron chi connectivity index (χ3n) is 3.62. The van der Waals surface area contributed by atoms with Crippen LogP contribution in [0.3, 0.4) is 0 Å². The molecule has 0 fully saturated rings. The summed E-state index contributed by atoms with van der Waals surface area (Å²) in [6.07, 6.45) is -2.60. The minimum atomic E-state index is -4.37. The minimum absolute atomic E-state index is 0.401. The van der Waals surface area contributed by atoms with Gasteiger partial charge in [0.15, 0.2) is 0 Å². The first-order valence-electron chi connectivity index (χ1n) is 6.58. The lowest BCUT2D eigenvalue weighted by molar-refractivity contribution is -0.148. The Bertz CT molecular complexity index is 451. The summed E-state index contributed by atoms with van der Waals surface area (Å²) in [4.78, 5) is 12.1. The molecule has 1 unspecified atom stereocenters. The van der Waals surface area contributed by atoms with Crippen LogP contribution in [-0.4, -0.2) is 13.1 Å². The average molecular weight is 288 g/mol. The standard InChI is InChI=1S/C15H19F3O2/c1-4-10-14(5-2,13(19)20-3)11-6-8-12(9-7-11)15(16,17)18/h6-9H,4-5,10H2,1-3H3. The van der Waals surface area contributed by atoms with Crippen LogP contribution in [0.2, 0.25) is 0 Å². The van der Waals surface area contributed by atoms with Gasteiger partial charge in [-0.3, -0.25) is 4.79 Å². The number of hydrogen-bond acceptors (Lipinski definition) is 2. The van der Waals surface area contributed by atoms with Gasteiger partial charge in [-0.1, -0.05) is 32.4 Å². The quantitative estimate of drug-likeness (QED) is 0.754. The van der Waals surface area contributed by atoms with Gasteiger partial charge in [-0.15, -0.1) is 0 Å². The maximum absolute atomic E-state index is 12.6. The van der Waals surface area contributed by atoms with Crippen LogP contribution in [0.1, 0.15) is 44.2 Å². The predicted molar refractivity (Wildman–Crippen MR) is 70.3 cm³/mol. The summed E-state index contributed by atoms with van der Waals surface area (Å²) >= 11 is 0. The average Bonchev–Trinajstić information content (AvgIpc) is 2.43. The molecule has 1 aromatic rings. The van der Waals surface area contributed by atoms with Gasteiger partial charge in [0.05, 0.1) is 18.1 Å². The van der Waals surface area contributed by atoms with Crippen LogP contribution in [0, 0.1) is 0 Å². The minimum Gasteiger partial charge on any atom is -0.468 e. The number of methoxy groups -OCH3 is 1. The normalized spacial score (nSPS) is 14.7. The molecule has 0 radical (unpaired) electrons. The van der Waals surface area contributed by atoms with Crippen LogP contribution in [0.4, 0.5) is 13.2 Å². The lowest BCUT2D eigenvalue weighted by Crippen LogP contribution is -2.36. The van der Waals surface area contributed by atoms with E-state index in [4.69, 9.17) is 4.74 Å². The largest absolute Gasteiger partial charge is 0.468 e. The maximum atomic E-state index is 12.6. The van der Waals surface area contributed by atoms with E-state index in [1.165, 1.54) is 19.2 Å². The van der Waals surface area contributed by atoms with Gasteiger partial charge in [-0.25, -0.2) is 0 Å². The van der Waals surface area contributed by atoms with E-state index in [0.29, 0.717) is 18.4 Å². The molecular formula is C15H19F3O2. The smallest absolute Gasteiger partial charge is 0.416 e. The molecule has 0 heterocycles. The molecule has 1 aromatic carbocycles. The molecule has 5 heteroatoms. The summed E-state index contributed by atoms with van der Waals surface area (Å²) < 4.78 is 42.6. The summed E-state index contributed by atoms with van der Waals surface area (Å²) in [7, 11) is 1.30. The number of halogens is 3. The van der Waals surface area contributed by atoms with Gasteiger partial charge in [0.25, 0.3) is 0 Å². The number of esters is 1. The highest BCUT2D eigenvalue weighted by molar-refractivity contribution is 5.83. The zero-order chi connectivity index (χ0) is 15.4. The molecule has 1 atom stereocenters. The van der Waals surface area contributed by atoms with E-state index < -0.39 is 23.1 Å². The Labute approximate surface area is 116 Å². The van der Waals surface area contributed by atoms with Gasteiger partial charge in [0.1, 0.15) is 0 Å². The van der Waals surface area contributed by atoms with Crippen LogP contribution in [-0.2, 0) is 21.1 Å². The van der Waals surface area contributed by atoms with Crippen LogP contribution in [0.25, 0.3) is 0 Å². The summed E-state index contributed by atoms with van der Waals surface area (Å²) in [6.45, 7) is 3.77. The lowest BCUT2D eigenvalue weighted by Gasteiger charge is -2.30. The molecule has 0 aromatic heterocycles. The monoisotopic (exact) mass is 288 g/mol. The molecule has 112 valence electrons. The van der Waals surface area contributed by atoms with Gasteiger partial charge in [-0.2, -0.15) is 13.2 Å². The molecule has 20 heavy (non-hydrogen) atoms. The molecule has 0 saturated carbocycles. The Kier molecular flexibility index (Phi) is 5.20. The SMILES string of the molecule is CCCC(CC)(C(=O)OC)c1ccc(C(F)(F)F)cc1. The van der Waals surface area contributed by atoms with Gasteiger partial charge in [0, 0.05) is 0 Å². The third-order valence-corrected chi connectivity index (χ3v) is 3.62. The van der Waals surface area contributed by atoms with E-state index in [0.717, 1.165) is 18.6 Å². The van der Waals surface area contributed by atoms with Gasteiger partial charge >= 0.3 is 12.1 Å². The van der Waals surface area contributed by atoms with E-state index in [1.54, 1.807) is 0 Å². The predicted octanol–water partition coefficient (Wildman–Crippen LogP) is 4.33. The second-order valence-electron chi connectivity index (χ2n) is 4.75. The molecule has 0 aliphatic rings. The van der Waals surface area contributed by atoms with Crippen molar-refractivity contribution in [2.45, 2.75) is 44.7 Å². The number of ether oxygens (including phenoxy) is 1. The molecule has 0 N–H and O–H groups in total. The summed E-state index contributed by atoms with van der Waals surface area (Å²) in [5.74, 6) is -0.401. The van der Waals surface area contributed by atoms with Crippen LogP contribution in [0.15, 0.2) is 24.3 Å². The van der Waals surface area contributed by atoms with E-state index in [2.05, 4.69) is 0 Å². The highest BCUT2D eigenvalue weighted by Crippen LogP contribution is 2.36. The van der Waals surface area contributed by atoms with Crippen molar-refractivity contribution < 1.29 is 22.7 Å². The number of hydrogen-bond donors (Lipinski definition) is 0. The summed E-state index contributed by atoms with van der Waals surface area (Å²) in [6, 6.07) is 4.77. The number of benzene rings is 1. The van der Waals surface area contributed by atoms with Crippen LogP contribution >= 0.6 is 0 Å². The zero-order valence-electron chi connectivity index (χ0n) is 11.9. The molecule has 0 amide bonds. The fourth-order valence-corrected chi connectivity index (χ4v) is 2.49. The highest BCUT2D eigenvalue weighted by atomic mass is 19.4. The van der Waals surface area contributed by atoms with Crippen molar-refractivity contribution in [2.24, 2.45) is 0 Å². The van der Waals surface area contributed by atoms with Crippen molar-refractivity contribution in [1.29, 1.82) is 0 Å². The fraction of sp³-hybridized carbons (Fsp3) is 0.533. The van der Waals surface area contributed by atoms with Gasteiger partial charge in [-0.05, 0) is 30.5 Å². The van der Waals surface area contributed by atoms with Crippen molar-refractivity contribution in [3.8, 4) is 0 Å². The highest BCUT2D eigenvalue weighted by Gasteiger charge is 2.39. The van der Waals surface area contributed by atoms with Gasteiger partial charge < -0.3 is 4.74 Å². The van der Waals surface area contributed by atoms with E-state index in [-0.39, 0.29) is 0 Å². The first kappa shape index (κ1) is 16.5. The van der Waals surface area contributed by atoms with Crippen molar-refractivity contribution >= 4 is 5.97 Å². The maximum Gasteiger partial charge on any atom is 0.416 e. The molecule has 2 nitrogen and oxygen atoms in total. The molecular weight excluding hydrogens is 269 g/mol. The Morgan fingerprint density at radius 2 is 1.60 bits per heavy atom. The number of carbonyl (C=O) groups is 1. The van der Waals surface area contributed by atoms with Crippen molar-refractivity contribution in [1.82, 2.24) is 0 Å². The van der Waals surface area contributed by atoms with Crippen molar-refractivity contribution in [3.63, 3.8) is 0 Å². The Hall–Kier alpha value is -1.52. The molecule has 0 aliphatic carbocycles. The van der Waals surface area contributed by atoms with Crippen molar-refractivity contribution in [2.75, 3.05) is 7.11 Å². The Morgan fingerprint density at radius 1 is 1.10 bits per heavy atom. The van der Waals surface area contributed by atoms with Gasteiger partial charge in [0.2, 0.25) is 0 Å². The van der Waals surface area contributed by atoms with Crippen LogP contribution in [0.5, 0.6) is 0 Å². The lowest BCUT2D eigenvalue weighted by atomic mass is 9.74. The molecule has 0 bridgehead atoms. The summed E-state index contributed by atoms with van der Waals surface area (Å²) in [5, 5.41) is 0. The third kappa shape index (κ3) is 3.14. The number of carbonyl (C=O) groups excluding carboxylic acids is 1. The van der Waals surface area contributed by atoms with Crippen molar-refractivity contribution in [3.05, 3.63) is 35.4 Å². The second-order valence-corrected chi connectivity index (χ2v) is 4.75. The second kappa shape index (κ2) is 6.29. The number of rotatable bonds is 5. The molecule has 0 aliphatic heterocycles. The first-order chi connectivity index (χ1) is 9.31. The fourth-order valence-electron chi connectivity index (χ4n) is 2.49. The first-order valence-corrected chi connectivity index (χ1v) is 6.58.